The molecule has 0 spiro atoms. The number of nitrogens with zero attached hydrogens (tertiary/aromatic N) is 5. The van der Waals surface area contributed by atoms with Gasteiger partial charge >= 0.3 is 5.97 Å². The van der Waals surface area contributed by atoms with Crippen molar-refractivity contribution in [3.63, 3.8) is 0 Å². The number of fused-ring (bicyclic) bond motifs is 2. The molecule has 10 heteroatoms. The Bertz CT molecular complexity index is 1890. The number of benzene rings is 3. The Morgan fingerprint density at radius 1 is 0.923 bits per heavy atom. The SMILES string of the molecule is CC(=O)Oc1ccc2[nH]c(=O)c(-c3nnn(Cc4cccc(OCc5ccc6ccccc6n5)c4)n3)cc2c1. The summed E-state index contributed by atoms with van der Waals surface area (Å²) in [6, 6.07) is 26.2. The summed E-state index contributed by atoms with van der Waals surface area (Å²) in [5.41, 5.74) is 3.18. The van der Waals surface area contributed by atoms with Crippen LogP contribution in [-0.2, 0) is 17.9 Å². The first-order chi connectivity index (χ1) is 19.0. The lowest BCUT2D eigenvalue weighted by atomic mass is 10.1. The molecular formula is C29H22N6O4. The van der Waals surface area contributed by atoms with E-state index in [2.05, 4.69) is 25.4 Å². The molecule has 3 heterocycles. The third kappa shape index (κ3) is 5.35. The number of pyridine rings is 2. The average molecular weight is 519 g/mol. The van der Waals surface area contributed by atoms with Gasteiger partial charge in [-0.25, -0.2) is 4.98 Å². The Morgan fingerprint density at radius 2 is 1.82 bits per heavy atom. The largest absolute Gasteiger partial charge is 0.487 e. The summed E-state index contributed by atoms with van der Waals surface area (Å²) in [4.78, 5) is 32.8. The number of hydrogen-bond donors (Lipinski definition) is 1. The van der Waals surface area contributed by atoms with Gasteiger partial charge in [-0.3, -0.25) is 9.59 Å². The van der Waals surface area contributed by atoms with Crippen LogP contribution in [0.1, 0.15) is 18.2 Å². The number of hydrogen-bond acceptors (Lipinski definition) is 8. The van der Waals surface area contributed by atoms with E-state index in [4.69, 9.17) is 9.47 Å². The maximum atomic E-state index is 12.7. The summed E-state index contributed by atoms with van der Waals surface area (Å²) in [5, 5.41) is 14.4. The molecule has 0 amide bonds. The highest BCUT2D eigenvalue weighted by Crippen LogP contribution is 2.22. The lowest BCUT2D eigenvalue weighted by Crippen LogP contribution is -2.10. The maximum absolute atomic E-state index is 12.7. The van der Waals surface area contributed by atoms with Crippen molar-refractivity contribution in [2.45, 2.75) is 20.1 Å². The van der Waals surface area contributed by atoms with Crippen LogP contribution >= 0.6 is 0 Å². The van der Waals surface area contributed by atoms with Crippen LogP contribution in [0, 0.1) is 0 Å². The van der Waals surface area contributed by atoms with E-state index in [1.54, 1.807) is 24.3 Å². The van der Waals surface area contributed by atoms with E-state index in [9.17, 15) is 9.59 Å². The highest BCUT2D eigenvalue weighted by atomic mass is 16.5. The van der Waals surface area contributed by atoms with Gasteiger partial charge in [0, 0.05) is 23.2 Å². The smallest absolute Gasteiger partial charge is 0.308 e. The average Bonchev–Trinajstić information content (AvgIpc) is 3.39. The highest BCUT2D eigenvalue weighted by Gasteiger charge is 2.13. The minimum absolute atomic E-state index is 0.186. The molecule has 0 bridgehead atoms. The van der Waals surface area contributed by atoms with Crippen molar-refractivity contribution in [3.05, 3.63) is 107 Å². The Hall–Kier alpha value is -5.38. The number of para-hydroxylation sites is 1. The first-order valence-electron chi connectivity index (χ1n) is 12.2. The number of tetrazole rings is 1. The van der Waals surface area contributed by atoms with Crippen LogP contribution in [0.15, 0.2) is 89.7 Å². The Kier molecular flexibility index (Phi) is 6.26. The number of esters is 1. The van der Waals surface area contributed by atoms with Gasteiger partial charge in [0.25, 0.3) is 5.56 Å². The van der Waals surface area contributed by atoms with E-state index in [1.165, 1.54) is 11.7 Å². The fourth-order valence-corrected chi connectivity index (χ4v) is 4.24. The van der Waals surface area contributed by atoms with Crippen LogP contribution in [0.4, 0.5) is 0 Å². The number of aromatic amines is 1. The molecule has 0 fully saturated rings. The number of ether oxygens (including phenoxy) is 2. The molecule has 3 aromatic carbocycles. The number of H-pyrrole nitrogens is 1. The Labute approximate surface area is 221 Å². The number of rotatable bonds is 7. The van der Waals surface area contributed by atoms with Crippen molar-refractivity contribution in [1.29, 1.82) is 0 Å². The van der Waals surface area contributed by atoms with Gasteiger partial charge < -0.3 is 14.5 Å². The normalized spacial score (nSPS) is 11.1. The van der Waals surface area contributed by atoms with E-state index in [0.717, 1.165) is 22.2 Å². The van der Waals surface area contributed by atoms with Gasteiger partial charge in [0.05, 0.1) is 23.3 Å². The van der Waals surface area contributed by atoms with Crippen molar-refractivity contribution < 1.29 is 14.3 Å². The van der Waals surface area contributed by atoms with Crippen LogP contribution in [0.2, 0.25) is 0 Å². The predicted molar refractivity (Wildman–Crippen MR) is 144 cm³/mol. The molecule has 0 aliphatic rings. The van der Waals surface area contributed by atoms with Gasteiger partial charge in [-0.15, -0.1) is 10.2 Å². The summed E-state index contributed by atoms with van der Waals surface area (Å²) < 4.78 is 11.1. The molecule has 0 saturated carbocycles. The molecule has 1 N–H and O–H groups in total. The molecule has 10 nitrogen and oxygen atoms in total. The van der Waals surface area contributed by atoms with E-state index >= 15 is 0 Å². The van der Waals surface area contributed by atoms with E-state index in [1.807, 2.05) is 60.7 Å². The lowest BCUT2D eigenvalue weighted by Gasteiger charge is -2.08. The topological polar surface area (TPSA) is 125 Å². The quantitative estimate of drug-likeness (QED) is 0.245. The molecule has 6 rings (SSSR count). The summed E-state index contributed by atoms with van der Waals surface area (Å²) in [6.07, 6.45) is 0. The standard InChI is InChI=1S/C29H22N6O4/c1-18(36)39-24-11-12-27-21(14-24)15-25(29(37)31-27)28-32-34-35(33-28)16-19-5-4-7-23(13-19)38-17-22-10-9-20-6-2-3-8-26(20)30-22/h2-15H,16-17H2,1H3,(H,31,37). The summed E-state index contributed by atoms with van der Waals surface area (Å²) in [5.74, 6) is 0.828. The predicted octanol–water partition coefficient (Wildman–Crippen LogP) is 4.28. The molecule has 0 aliphatic carbocycles. The Morgan fingerprint density at radius 3 is 2.72 bits per heavy atom. The van der Waals surface area contributed by atoms with Crippen molar-refractivity contribution in [3.8, 4) is 22.9 Å². The van der Waals surface area contributed by atoms with Gasteiger partial charge in [0.1, 0.15) is 18.1 Å². The Balaban J connectivity index is 1.17. The summed E-state index contributed by atoms with van der Waals surface area (Å²) in [7, 11) is 0. The molecule has 6 aromatic rings. The molecule has 0 atom stereocenters. The lowest BCUT2D eigenvalue weighted by molar-refractivity contribution is -0.131. The van der Waals surface area contributed by atoms with Gasteiger partial charge in [0.15, 0.2) is 0 Å². The van der Waals surface area contributed by atoms with Gasteiger partial charge in [-0.1, -0.05) is 36.4 Å². The summed E-state index contributed by atoms with van der Waals surface area (Å²) in [6.45, 7) is 2.00. The van der Waals surface area contributed by atoms with Gasteiger partial charge in [-0.05, 0) is 59.3 Å². The third-order valence-electron chi connectivity index (χ3n) is 6.04. The number of carbonyl (C=O) groups is 1. The first-order valence-corrected chi connectivity index (χ1v) is 12.2. The van der Waals surface area contributed by atoms with Crippen molar-refractivity contribution >= 4 is 27.8 Å². The molecule has 0 aliphatic heterocycles. The van der Waals surface area contributed by atoms with Crippen molar-refractivity contribution in [1.82, 2.24) is 30.2 Å². The van der Waals surface area contributed by atoms with Gasteiger partial charge in [-0.2, -0.15) is 4.80 Å². The van der Waals surface area contributed by atoms with Crippen molar-refractivity contribution in [2.75, 3.05) is 0 Å². The molecule has 3 aromatic heterocycles. The fourth-order valence-electron chi connectivity index (χ4n) is 4.24. The second kappa shape index (κ2) is 10.2. The highest BCUT2D eigenvalue weighted by molar-refractivity contribution is 5.84. The number of aromatic nitrogens is 6. The fraction of sp³-hybridized carbons (Fsp3) is 0.103. The second-order valence-corrected chi connectivity index (χ2v) is 8.93. The van der Waals surface area contributed by atoms with Crippen LogP contribution < -0.4 is 15.0 Å². The van der Waals surface area contributed by atoms with Crippen LogP contribution in [0.5, 0.6) is 11.5 Å². The zero-order chi connectivity index (χ0) is 26.8. The molecule has 0 radical (unpaired) electrons. The second-order valence-electron chi connectivity index (χ2n) is 8.93. The maximum Gasteiger partial charge on any atom is 0.308 e. The van der Waals surface area contributed by atoms with Crippen LogP contribution in [0.25, 0.3) is 33.2 Å². The van der Waals surface area contributed by atoms with Crippen molar-refractivity contribution in [2.24, 2.45) is 0 Å². The summed E-state index contributed by atoms with van der Waals surface area (Å²) >= 11 is 0. The molecular weight excluding hydrogens is 496 g/mol. The number of carbonyl (C=O) groups excluding carboxylic acids is 1. The van der Waals surface area contributed by atoms with Crippen LogP contribution in [-0.4, -0.2) is 36.1 Å². The minimum atomic E-state index is -0.427. The molecule has 39 heavy (non-hydrogen) atoms. The van der Waals surface area contributed by atoms with E-state index in [-0.39, 0.29) is 16.9 Å². The van der Waals surface area contributed by atoms with E-state index < -0.39 is 5.97 Å². The molecule has 0 unspecified atom stereocenters. The number of nitrogens with one attached hydrogen (secondary N) is 1. The third-order valence-corrected chi connectivity index (χ3v) is 6.04. The molecule has 0 saturated heterocycles. The van der Waals surface area contributed by atoms with Gasteiger partial charge in [0.2, 0.25) is 5.82 Å². The first kappa shape index (κ1) is 24.0. The van der Waals surface area contributed by atoms with Crippen LogP contribution in [0.3, 0.4) is 0 Å². The zero-order valence-electron chi connectivity index (χ0n) is 20.9. The molecule has 192 valence electrons. The van der Waals surface area contributed by atoms with E-state index in [0.29, 0.717) is 35.6 Å². The monoisotopic (exact) mass is 518 g/mol. The zero-order valence-corrected chi connectivity index (χ0v) is 20.9. The minimum Gasteiger partial charge on any atom is -0.487 e.